The van der Waals surface area contributed by atoms with Crippen molar-refractivity contribution in [1.82, 2.24) is 9.13 Å². The first kappa shape index (κ1) is 28.1. The first-order valence-corrected chi connectivity index (χ1v) is 18.5. The summed E-state index contributed by atoms with van der Waals surface area (Å²) >= 11 is 1.86. The molecule has 12 aromatic rings. The maximum Gasteiger partial charge on any atom is 0.145 e. The molecule has 0 aliphatic heterocycles. The van der Waals surface area contributed by atoms with Gasteiger partial charge >= 0.3 is 0 Å². The fourth-order valence-corrected chi connectivity index (χ4v) is 9.75. The van der Waals surface area contributed by atoms with E-state index in [4.69, 9.17) is 4.42 Å². The molecule has 0 aliphatic carbocycles. The molecule has 0 saturated heterocycles. The Morgan fingerprint density at radius 3 is 1.62 bits per heavy atom. The molecule has 4 heteroatoms. The van der Waals surface area contributed by atoms with E-state index in [9.17, 15) is 0 Å². The summed E-state index contributed by atoms with van der Waals surface area (Å²) in [6.45, 7) is 0. The normalized spacial score (nSPS) is 12.2. The van der Waals surface area contributed by atoms with E-state index in [1.807, 2.05) is 11.3 Å². The van der Waals surface area contributed by atoms with Crippen LogP contribution < -0.4 is 0 Å². The third-order valence-corrected chi connectivity index (χ3v) is 12.1. The summed E-state index contributed by atoms with van der Waals surface area (Å²) in [6.07, 6.45) is 0. The van der Waals surface area contributed by atoms with Crippen molar-refractivity contribution < 1.29 is 4.42 Å². The summed E-state index contributed by atoms with van der Waals surface area (Å²) in [4.78, 5) is 0. The number of hydrogen-bond donors (Lipinski definition) is 0. The summed E-state index contributed by atoms with van der Waals surface area (Å²) in [5.74, 6) is 0. The molecule has 0 N–H and O–H groups in total. The van der Waals surface area contributed by atoms with Crippen LogP contribution in [-0.2, 0) is 0 Å². The lowest BCUT2D eigenvalue weighted by molar-refractivity contribution is 0.677. The van der Waals surface area contributed by atoms with E-state index in [1.165, 1.54) is 47.6 Å². The third kappa shape index (κ3) is 3.79. The van der Waals surface area contributed by atoms with Crippen LogP contribution in [0.1, 0.15) is 0 Å². The summed E-state index contributed by atoms with van der Waals surface area (Å²) < 4.78 is 14.5. The van der Waals surface area contributed by atoms with Gasteiger partial charge in [0.25, 0.3) is 0 Å². The number of hydrogen-bond acceptors (Lipinski definition) is 2. The Bertz CT molecular complexity index is 3410. The molecule has 12 rings (SSSR count). The van der Waals surface area contributed by atoms with Crippen molar-refractivity contribution in [2.24, 2.45) is 0 Å². The average molecular weight is 681 g/mol. The highest BCUT2D eigenvalue weighted by molar-refractivity contribution is 7.25. The van der Waals surface area contributed by atoms with Crippen LogP contribution in [0.4, 0.5) is 0 Å². The second-order valence-electron chi connectivity index (χ2n) is 13.7. The van der Waals surface area contributed by atoms with Crippen LogP contribution in [0, 0.1) is 0 Å². The fourth-order valence-electron chi connectivity index (χ4n) is 8.66. The number of benzene rings is 8. The smallest absolute Gasteiger partial charge is 0.145 e. The second-order valence-corrected chi connectivity index (χ2v) is 14.8. The van der Waals surface area contributed by atoms with Crippen LogP contribution in [0.25, 0.3) is 108 Å². The molecule has 0 aliphatic rings. The van der Waals surface area contributed by atoms with Gasteiger partial charge in [-0.05, 0) is 90.0 Å². The fraction of sp³-hybridized carbons (Fsp3) is 0. The molecule has 0 bridgehead atoms. The van der Waals surface area contributed by atoms with Crippen LogP contribution in [0.15, 0.2) is 174 Å². The molecule has 52 heavy (non-hydrogen) atoms. The molecule has 0 amide bonds. The van der Waals surface area contributed by atoms with Crippen LogP contribution in [-0.4, -0.2) is 9.13 Å². The van der Waals surface area contributed by atoms with E-state index in [1.54, 1.807) is 0 Å². The number of furan rings is 1. The zero-order chi connectivity index (χ0) is 33.9. The highest BCUT2D eigenvalue weighted by atomic mass is 32.1. The Morgan fingerprint density at radius 1 is 0.346 bits per heavy atom. The van der Waals surface area contributed by atoms with Gasteiger partial charge in [0.2, 0.25) is 0 Å². The first-order valence-electron chi connectivity index (χ1n) is 17.7. The molecule has 0 spiro atoms. The number of thiophene rings is 1. The lowest BCUT2D eigenvalue weighted by Gasteiger charge is -2.10. The Labute approximate surface area is 301 Å². The molecule has 3 nitrogen and oxygen atoms in total. The van der Waals surface area contributed by atoms with Crippen molar-refractivity contribution >= 4 is 97.1 Å². The van der Waals surface area contributed by atoms with E-state index in [0.717, 1.165) is 60.6 Å². The minimum absolute atomic E-state index is 0.928. The molecule has 0 fully saturated rings. The lowest BCUT2D eigenvalue weighted by atomic mass is 10.0. The average Bonchev–Trinajstić information content (AvgIpc) is 3.95. The lowest BCUT2D eigenvalue weighted by Crippen LogP contribution is -1.94. The molecule has 242 valence electrons. The maximum atomic E-state index is 7.13. The van der Waals surface area contributed by atoms with E-state index >= 15 is 0 Å². The van der Waals surface area contributed by atoms with Gasteiger partial charge in [-0.25, -0.2) is 0 Å². The zero-order valence-corrected chi connectivity index (χ0v) is 28.7. The highest BCUT2D eigenvalue weighted by Crippen LogP contribution is 2.45. The summed E-state index contributed by atoms with van der Waals surface area (Å²) in [6, 6.07) is 61.6. The zero-order valence-electron chi connectivity index (χ0n) is 27.9. The van der Waals surface area contributed by atoms with Gasteiger partial charge in [0.15, 0.2) is 0 Å². The molecular formula is C48H28N2OS. The predicted molar refractivity (Wildman–Crippen MR) is 221 cm³/mol. The van der Waals surface area contributed by atoms with Crippen LogP contribution in [0.5, 0.6) is 0 Å². The van der Waals surface area contributed by atoms with Gasteiger partial charge in [-0.1, -0.05) is 91.0 Å². The van der Waals surface area contributed by atoms with Crippen LogP contribution in [0.2, 0.25) is 0 Å². The summed E-state index contributed by atoms with van der Waals surface area (Å²) in [7, 11) is 0. The van der Waals surface area contributed by atoms with Crippen molar-refractivity contribution in [3.8, 4) is 22.5 Å². The van der Waals surface area contributed by atoms with E-state index < -0.39 is 0 Å². The molecule has 0 unspecified atom stereocenters. The Morgan fingerprint density at radius 2 is 0.904 bits per heavy atom. The molecule has 8 aromatic carbocycles. The number of nitrogens with zero attached hydrogens (tertiary/aromatic N) is 2. The van der Waals surface area contributed by atoms with Crippen molar-refractivity contribution in [3.63, 3.8) is 0 Å². The quantitative estimate of drug-likeness (QED) is 0.182. The number of rotatable bonds is 3. The molecule has 4 aromatic heterocycles. The number of para-hydroxylation sites is 3. The minimum Gasteiger partial charge on any atom is -0.455 e. The summed E-state index contributed by atoms with van der Waals surface area (Å²) in [5, 5.41) is 9.56. The molecule has 0 saturated carbocycles. The van der Waals surface area contributed by atoms with Crippen LogP contribution in [0.3, 0.4) is 0 Å². The Kier molecular flexibility index (Phi) is 5.65. The van der Waals surface area contributed by atoms with Gasteiger partial charge in [-0.15, -0.1) is 11.3 Å². The number of aromatic nitrogens is 2. The number of fused-ring (bicyclic) bond motifs is 14. The Hall–Kier alpha value is -6.62. The van der Waals surface area contributed by atoms with Gasteiger partial charge in [0, 0.05) is 53.1 Å². The maximum absolute atomic E-state index is 7.13. The highest BCUT2D eigenvalue weighted by Gasteiger charge is 2.22. The summed E-state index contributed by atoms with van der Waals surface area (Å²) in [5.41, 5.74) is 11.1. The van der Waals surface area contributed by atoms with Crippen LogP contribution >= 0.6 is 11.3 Å². The molecule has 0 atom stereocenters. The molecule has 0 radical (unpaired) electrons. The predicted octanol–water partition coefficient (Wildman–Crippen LogP) is 13.8. The monoisotopic (exact) mass is 680 g/mol. The van der Waals surface area contributed by atoms with Gasteiger partial charge in [0.05, 0.1) is 32.8 Å². The van der Waals surface area contributed by atoms with Gasteiger partial charge < -0.3 is 13.6 Å². The van der Waals surface area contributed by atoms with Crippen molar-refractivity contribution in [3.05, 3.63) is 170 Å². The van der Waals surface area contributed by atoms with Gasteiger partial charge in [0.1, 0.15) is 11.2 Å². The van der Waals surface area contributed by atoms with Crippen molar-refractivity contribution in [2.75, 3.05) is 0 Å². The van der Waals surface area contributed by atoms with Crippen molar-refractivity contribution in [2.45, 2.75) is 0 Å². The third-order valence-electron chi connectivity index (χ3n) is 10.9. The van der Waals surface area contributed by atoms with Gasteiger partial charge in [-0.2, -0.15) is 0 Å². The van der Waals surface area contributed by atoms with Gasteiger partial charge in [-0.3, -0.25) is 0 Å². The molecular weight excluding hydrogens is 653 g/mol. The largest absolute Gasteiger partial charge is 0.455 e. The van der Waals surface area contributed by atoms with E-state index in [2.05, 4.69) is 179 Å². The van der Waals surface area contributed by atoms with E-state index in [-0.39, 0.29) is 0 Å². The standard InChI is InChI=1S/C48H28N2OS/c1-2-12-31(13-3-1)49-39-18-7-4-16-36(39)45-41(49)24-22-34-35-23-25-42-46(48(35)51-47(34)45)37-17-5-8-19-40(37)50(42)32-14-10-11-29(27-32)30-21-26-44-38(28-30)33-15-6-9-20-43(33)52-44/h1-28H. The topological polar surface area (TPSA) is 23.0 Å². The SMILES string of the molecule is c1ccc(-n2c3ccccc3c3c4oc5c(ccc6c5c5ccccc5n6-c5cccc(-c6ccc7sc8ccccc8c7c6)c5)c4ccc32)cc1. The van der Waals surface area contributed by atoms with E-state index in [0.29, 0.717) is 0 Å². The Balaban J connectivity index is 1.11. The van der Waals surface area contributed by atoms with Crippen molar-refractivity contribution in [1.29, 1.82) is 0 Å². The minimum atomic E-state index is 0.928. The first-order chi connectivity index (χ1) is 25.8. The molecule has 4 heterocycles. The second kappa shape index (κ2) is 10.5.